The summed E-state index contributed by atoms with van der Waals surface area (Å²) in [5.41, 5.74) is 3.48. The SMILES string of the molecule is COc1cc(OC)c2c(c1)O[C@@H]1C(O)=C(C(=O)O[C@@H]3[C@H](C(c4ccccc4)c4ccccc4)[C@H]4CC[C@]3(C)C4(C)C)C[C@@H](C(C)C)[C@H]21. The monoisotopic (exact) mass is 636 g/mol. The van der Waals surface area contributed by atoms with Crippen molar-refractivity contribution in [3.05, 3.63) is 101 Å². The van der Waals surface area contributed by atoms with E-state index in [2.05, 4.69) is 95.3 Å². The lowest BCUT2D eigenvalue weighted by molar-refractivity contribution is -0.157. The summed E-state index contributed by atoms with van der Waals surface area (Å²) in [6.45, 7) is 11.4. The average Bonchev–Trinajstić information content (AvgIpc) is 3.62. The highest BCUT2D eigenvalue weighted by molar-refractivity contribution is 5.90. The first-order valence-electron chi connectivity index (χ1n) is 17.2. The molecule has 2 fully saturated rings. The Bertz CT molecular complexity index is 1640. The van der Waals surface area contributed by atoms with Crippen LogP contribution in [-0.4, -0.2) is 37.5 Å². The molecule has 6 nitrogen and oxygen atoms in total. The molecule has 6 heteroatoms. The summed E-state index contributed by atoms with van der Waals surface area (Å²) in [5.74, 6) is 2.08. The number of esters is 1. The summed E-state index contributed by atoms with van der Waals surface area (Å²) in [6.07, 6.45) is 1.49. The Hall–Kier alpha value is -3.93. The van der Waals surface area contributed by atoms with Gasteiger partial charge in [0.15, 0.2) is 6.10 Å². The van der Waals surface area contributed by atoms with Gasteiger partial charge in [0.1, 0.15) is 29.1 Å². The maximum absolute atomic E-state index is 14.5. The molecule has 2 bridgehead atoms. The largest absolute Gasteiger partial charge is 0.508 e. The molecule has 3 aromatic rings. The number of benzene rings is 3. The van der Waals surface area contributed by atoms with Crippen LogP contribution in [0.3, 0.4) is 0 Å². The molecule has 3 aliphatic carbocycles. The van der Waals surface area contributed by atoms with Crippen LogP contribution in [0, 0.1) is 34.5 Å². The number of carbonyl (C=O) groups excluding carboxylic acids is 1. The summed E-state index contributed by atoms with van der Waals surface area (Å²) < 4.78 is 24.5. The maximum atomic E-state index is 14.5. The van der Waals surface area contributed by atoms with Crippen molar-refractivity contribution in [2.75, 3.05) is 14.2 Å². The lowest BCUT2D eigenvalue weighted by Gasteiger charge is -2.42. The summed E-state index contributed by atoms with van der Waals surface area (Å²) in [7, 11) is 3.25. The van der Waals surface area contributed by atoms with E-state index in [0.717, 1.165) is 18.4 Å². The van der Waals surface area contributed by atoms with Crippen molar-refractivity contribution in [2.45, 2.75) is 77.9 Å². The molecule has 1 N–H and O–H groups in total. The highest BCUT2D eigenvalue weighted by atomic mass is 16.5. The lowest BCUT2D eigenvalue weighted by atomic mass is 9.68. The minimum absolute atomic E-state index is 0.0269. The number of carbonyl (C=O) groups is 1. The van der Waals surface area contributed by atoms with Crippen LogP contribution in [0.5, 0.6) is 17.2 Å². The van der Waals surface area contributed by atoms with Gasteiger partial charge in [-0.05, 0) is 53.6 Å². The smallest absolute Gasteiger partial charge is 0.337 e. The first-order valence-corrected chi connectivity index (χ1v) is 17.2. The van der Waals surface area contributed by atoms with E-state index < -0.39 is 12.1 Å². The second kappa shape index (κ2) is 11.6. The quantitative estimate of drug-likeness (QED) is 0.249. The summed E-state index contributed by atoms with van der Waals surface area (Å²) >= 11 is 0. The van der Waals surface area contributed by atoms with Crippen molar-refractivity contribution >= 4 is 5.97 Å². The molecule has 0 unspecified atom stereocenters. The fraction of sp³-hybridized carbons (Fsp3) is 0.488. The molecule has 2 saturated carbocycles. The average molecular weight is 637 g/mol. The van der Waals surface area contributed by atoms with Crippen LogP contribution in [-0.2, 0) is 9.53 Å². The third-order valence-corrected chi connectivity index (χ3v) is 12.8. The standard InChI is InChI=1S/C41H48O6/c1-23(2)27-22-28(36(42)37-33(27)35-30(45-7)20-26(44-6)21-31(35)46-37)39(43)47-38-34(29-18-19-41(38,5)40(29,3)4)32(24-14-10-8-11-15-24)25-16-12-9-13-17-25/h8-17,20-21,23,27,29,32-34,37-38,42H,18-19,22H2,1-7H3/t27-,29+,33+,34-,37-,38+,41-/m0/s1. The van der Waals surface area contributed by atoms with Gasteiger partial charge in [-0.3, -0.25) is 0 Å². The Morgan fingerprint density at radius 2 is 1.57 bits per heavy atom. The number of ether oxygens (including phenoxy) is 4. The topological polar surface area (TPSA) is 74.2 Å². The normalized spacial score (nSPS) is 30.2. The van der Waals surface area contributed by atoms with Gasteiger partial charge in [0, 0.05) is 40.9 Å². The van der Waals surface area contributed by atoms with E-state index >= 15 is 0 Å². The minimum Gasteiger partial charge on any atom is -0.508 e. The Morgan fingerprint density at radius 1 is 0.936 bits per heavy atom. The van der Waals surface area contributed by atoms with Gasteiger partial charge in [-0.2, -0.15) is 0 Å². The van der Waals surface area contributed by atoms with E-state index in [1.165, 1.54) is 11.1 Å². The van der Waals surface area contributed by atoms with Crippen molar-refractivity contribution < 1.29 is 28.8 Å². The predicted octanol–water partition coefficient (Wildman–Crippen LogP) is 8.85. The zero-order valence-corrected chi connectivity index (χ0v) is 28.7. The van der Waals surface area contributed by atoms with Gasteiger partial charge >= 0.3 is 5.97 Å². The zero-order chi connectivity index (χ0) is 33.2. The number of methoxy groups -OCH3 is 2. The molecule has 7 rings (SSSR count). The Kier molecular flexibility index (Phi) is 7.84. The third kappa shape index (κ3) is 4.76. The fourth-order valence-electron chi connectivity index (χ4n) is 9.93. The van der Waals surface area contributed by atoms with Gasteiger partial charge in [0.05, 0.1) is 19.8 Å². The van der Waals surface area contributed by atoms with Crippen molar-refractivity contribution in [3.63, 3.8) is 0 Å². The molecular weight excluding hydrogens is 588 g/mol. The Morgan fingerprint density at radius 3 is 2.15 bits per heavy atom. The predicted molar refractivity (Wildman–Crippen MR) is 182 cm³/mol. The number of aliphatic hydroxyl groups excluding tert-OH is 1. The lowest BCUT2D eigenvalue weighted by Crippen LogP contribution is -2.44. The number of hydrogen-bond donors (Lipinski definition) is 1. The van der Waals surface area contributed by atoms with E-state index in [1.807, 2.05) is 12.1 Å². The van der Waals surface area contributed by atoms with E-state index in [1.54, 1.807) is 14.2 Å². The number of hydrogen-bond acceptors (Lipinski definition) is 6. The fourth-order valence-corrected chi connectivity index (χ4v) is 9.93. The first-order chi connectivity index (χ1) is 22.5. The zero-order valence-electron chi connectivity index (χ0n) is 28.7. The molecule has 1 heterocycles. The molecule has 4 aliphatic rings. The van der Waals surface area contributed by atoms with E-state index in [-0.39, 0.29) is 52.3 Å². The van der Waals surface area contributed by atoms with E-state index in [4.69, 9.17) is 18.9 Å². The van der Waals surface area contributed by atoms with Crippen LogP contribution in [0.25, 0.3) is 0 Å². The van der Waals surface area contributed by atoms with E-state index in [9.17, 15) is 9.90 Å². The van der Waals surface area contributed by atoms with Crippen molar-refractivity contribution in [2.24, 2.45) is 34.5 Å². The van der Waals surface area contributed by atoms with Gasteiger partial charge in [-0.1, -0.05) is 95.3 Å². The van der Waals surface area contributed by atoms with Crippen LogP contribution < -0.4 is 14.2 Å². The Labute approximate surface area is 279 Å². The summed E-state index contributed by atoms with van der Waals surface area (Å²) in [4.78, 5) is 14.5. The van der Waals surface area contributed by atoms with Gasteiger partial charge in [0.25, 0.3) is 0 Å². The maximum Gasteiger partial charge on any atom is 0.337 e. The van der Waals surface area contributed by atoms with Gasteiger partial charge in [-0.15, -0.1) is 0 Å². The third-order valence-electron chi connectivity index (χ3n) is 12.8. The molecule has 0 aromatic heterocycles. The van der Waals surface area contributed by atoms with Crippen molar-refractivity contribution in [3.8, 4) is 17.2 Å². The highest BCUT2D eigenvalue weighted by Crippen LogP contribution is 2.71. The van der Waals surface area contributed by atoms with Crippen molar-refractivity contribution in [1.82, 2.24) is 0 Å². The van der Waals surface area contributed by atoms with Gasteiger partial charge in [0.2, 0.25) is 0 Å². The number of fused-ring (bicyclic) bond motifs is 5. The van der Waals surface area contributed by atoms with Gasteiger partial charge < -0.3 is 24.1 Å². The molecular formula is C41H48O6. The number of rotatable bonds is 8. The first kappa shape index (κ1) is 31.7. The highest BCUT2D eigenvalue weighted by Gasteiger charge is 2.69. The van der Waals surface area contributed by atoms with Crippen LogP contribution in [0.4, 0.5) is 0 Å². The van der Waals surface area contributed by atoms with Crippen LogP contribution >= 0.6 is 0 Å². The van der Waals surface area contributed by atoms with Crippen LogP contribution in [0.1, 0.15) is 82.4 Å². The van der Waals surface area contributed by atoms with E-state index in [0.29, 0.717) is 35.2 Å². The second-order valence-electron chi connectivity index (χ2n) is 15.3. The molecule has 248 valence electrons. The molecule has 0 amide bonds. The molecule has 3 aromatic carbocycles. The summed E-state index contributed by atoms with van der Waals surface area (Å²) in [6, 6.07) is 25.1. The molecule has 1 aliphatic heterocycles. The van der Waals surface area contributed by atoms with Crippen LogP contribution in [0.2, 0.25) is 0 Å². The Balaban J connectivity index is 1.28. The minimum atomic E-state index is -0.695. The van der Waals surface area contributed by atoms with Crippen LogP contribution in [0.15, 0.2) is 84.1 Å². The van der Waals surface area contributed by atoms with Crippen molar-refractivity contribution in [1.29, 1.82) is 0 Å². The van der Waals surface area contributed by atoms with Gasteiger partial charge in [-0.25, -0.2) is 4.79 Å². The summed E-state index contributed by atoms with van der Waals surface area (Å²) in [5, 5.41) is 11.9. The molecule has 0 saturated heterocycles. The molecule has 47 heavy (non-hydrogen) atoms. The molecule has 7 atom stereocenters. The molecule has 0 radical (unpaired) electrons. The second-order valence-corrected chi connectivity index (χ2v) is 15.3. The molecule has 0 spiro atoms. The number of aliphatic hydroxyl groups is 1.